The van der Waals surface area contributed by atoms with Crippen LogP contribution >= 0.6 is 0 Å². The maximum Gasteiger partial charge on any atom is 0.229 e. The third-order valence-electron chi connectivity index (χ3n) is 7.27. The number of rotatable bonds is 7. The summed E-state index contributed by atoms with van der Waals surface area (Å²) in [6.07, 6.45) is 0.0781. The fraction of sp³-hybridized carbons (Fsp3) is 0.429. The van der Waals surface area contributed by atoms with Crippen molar-refractivity contribution in [3.05, 3.63) is 75.8 Å². The summed E-state index contributed by atoms with van der Waals surface area (Å²) >= 11 is 0. The normalized spacial score (nSPS) is 12.1. The van der Waals surface area contributed by atoms with Crippen molar-refractivity contribution in [1.82, 2.24) is 0 Å². The number of hydrogen-bond acceptors (Lipinski definition) is 4. The molecular formula is C35H47NO4. The molecule has 0 fully saturated rings. The fourth-order valence-corrected chi connectivity index (χ4v) is 4.91. The Kier molecular flexibility index (Phi) is 11.0. The number of hydrogen-bond donors (Lipinski definition) is 1. The van der Waals surface area contributed by atoms with E-state index in [1.54, 1.807) is 4.90 Å². The summed E-state index contributed by atoms with van der Waals surface area (Å²) < 4.78 is 6.30. The molecular weight excluding hydrogens is 498 g/mol. The van der Waals surface area contributed by atoms with E-state index in [0.29, 0.717) is 0 Å². The van der Waals surface area contributed by atoms with Gasteiger partial charge in [-0.15, -0.1) is 0 Å². The van der Waals surface area contributed by atoms with Gasteiger partial charge in [-0.2, -0.15) is 0 Å². The number of aliphatic hydroxyl groups is 1. The van der Waals surface area contributed by atoms with E-state index in [1.165, 1.54) is 22.3 Å². The van der Waals surface area contributed by atoms with Gasteiger partial charge in [-0.25, -0.2) is 0 Å². The molecule has 0 aliphatic heterocycles. The van der Waals surface area contributed by atoms with Crippen LogP contribution < -0.4 is 4.90 Å². The highest BCUT2D eigenvalue weighted by molar-refractivity contribution is 6.01. The van der Waals surface area contributed by atoms with E-state index in [4.69, 9.17) is 9.84 Å². The third-order valence-corrected chi connectivity index (χ3v) is 7.27. The molecule has 0 spiro atoms. The molecule has 40 heavy (non-hydrogen) atoms. The van der Waals surface area contributed by atoms with Gasteiger partial charge in [0.1, 0.15) is 6.10 Å². The summed E-state index contributed by atoms with van der Waals surface area (Å²) in [5.74, 6) is -0.165. The number of aliphatic hydroxyl groups excluding tert-OH is 1. The lowest BCUT2D eigenvalue weighted by atomic mass is 9.84. The number of amides is 1. The van der Waals surface area contributed by atoms with Crippen molar-refractivity contribution in [3.63, 3.8) is 0 Å². The van der Waals surface area contributed by atoms with Crippen molar-refractivity contribution < 1.29 is 19.4 Å². The van der Waals surface area contributed by atoms with Crippen molar-refractivity contribution in [2.24, 2.45) is 5.92 Å². The van der Waals surface area contributed by atoms with Gasteiger partial charge in [0, 0.05) is 25.6 Å². The Morgan fingerprint density at radius 3 is 1.70 bits per heavy atom. The predicted octanol–water partition coefficient (Wildman–Crippen LogP) is 7.85. The second-order valence-corrected chi connectivity index (χ2v) is 11.8. The molecule has 0 aliphatic carbocycles. The van der Waals surface area contributed by atoms with Crippen LogP contribution in [-0.4, -0.2) is 37.1 Å². The molecule has 3 aromatic rings. The van der Waals surface area contributed by atoms with E-state index in [-0.39, 0.29) is 11.8 Å². The molecule has 1 atom stereocenters. The second-order valence-electron chi connectivity index (χ2n) is 11.8. The van der Waals surface area contributed by atoms with Gasteiger partial charge in [-0.1, -0.05) is 50.2 Å². The van der Waals surface area contributed by atoms with Gasteiger partial charge in [0.2, 0.25) is 5.91 Å². The summed E-state index contributed by atoms with van der Waals surface area (Å²) in [5, 5.41) is 7.00. The number of ether oxygens (including phenoxy) is 1. The summed E-state index contributed by atoms with van der Waals surface area (Å²) in [6, 6.07) is 14.8. The topological polar surface area (TPSA) is 66.8 Å². The number of nitrogens with zero attached hydrogens (tertiary/aromatic N) is 1. The van der Waals surface area contributed by atoms with Gasteiger partial charge >= 0.3 is 0 Å². The molecule has 1 amide bonds. The molecule has 0 saturated heterocycles. The summed E-state index contributed by atoms with van der Waals surface area (Å²) in [4.78, 5) is 27.6. The molecule has 216 valence electrons. The van der Waals surface area contributed by atoms with Crippen LogP contribution in [0.4, 0.5) is 5.69 Å². The Labute approximate surface area is 241 Å². The molecule has 1 N–H and O–H groups in total. The average molecular weight is 546 g/mol. The van der Waals surface area contributed by atoms with Crippen LogP contribution in [-0.2, 0) is 14.3 Å². The quantitative estimate of drug-likeness (QED) is 0.307. The Hall–Kier alpha value is -3.28. The summed E-state index contributed by atoms with van der Waals surface area (Å²) in [5.41, 5.74) is 10.8. The smallest absolute Gasteiger partial charge is 0.229 e. The molecule has 0 heterocycles. The maximum absolute atomic E-state index is 13.3. The Morgan fingerprint density at radius 1 is 0.825 bits per heavy atom. The van der Waals surface area contributed by atoms with Crippen molar-refractivity contribution in [1.29, 1.82) is 0 Å². The van der Waals surface area contributed by atoms with Crippen LogP contribution in [0, 0.1) is 40.5 Å². The number of carbonyl (C=O) groups excluding carboxylic acids is 2. The van der Waals surface area contributed by atoms with Crippen molar-refractivity contribution in [2.45, 2.75) is 80.9 Å². The number of aryl methyl sites for hydroxylation is 4. The van der Waals surface area contributed by atoms with Crippen LogP contribution in [0.1, 0.15) is 74.1 Å². The zero-order valence-corrected chi connectivity index (χ0v) is 26.4. The highest BCUT2D eigenvalue weighted by Crippen LogP contribution is 2.45. The van der Waals surface area contributed by atoms with Crippen LogP contribution in [0.25, 0.3) is 22.3 Å². The van der Waals surface area contributed by atoms with E-state index in [0.717, 1.165) is 52.5 Å². The van der Waals surface area contributed by atoms with Gasteiger partial charge in [0.25, 0.3) is 0 Å². The van der Waals surface area contributed by atoms with E-state index in [2.05, 4.69) is 71.0 Å². The minimum absolute atomic E-state index is 0.0127. The molecule has 0 aromatic heterocycles. The highest BCUT2D eigenvalue weighted by atomic mass is 16.5. The summed E-state index contributed by atoms with van der Waals surface area (Å²) in [7, 11) is 2.82. The van der Waals surface area contributed by atoms with Crippen LogP contribution in [0.15, 0.2) is 42.5 Å². The number of aldehydes is 1. The monoisotopic (exact) mass is 545 g/mol. The first kappa shape index (κ1) is 32.9. The molecule has 5 heteroatoms. The zero-order chi connectivity index (χ0) is 30.5. The second kappa shape index (κ2) is 13.4. The molecule has 0 bridgehead atoms. The van der Waals surface area contributed by atoms with E-state index >= 15 is 0 Å². The first-order valence-electron chi connectivity index (χ1n) is 13.8. The van der Waals surface area contributed by atoms with E-state index in [1.807, 2.05) is 47.7 Å². The van der Waals surface area contributed by atoms with Crippen molar-refractivity contribution in [3.8, 4) is 22.3 Å². The standard InChI is InChI=1S/C34H43NO3.CH4O/c1-20(2)33(37)35(11)29-18-28(30(19-36)38-34(8,9)10)31(26-14-12-21(3)23(5)16-26)25(7)32(29)27-15-13-22(4)24(6)17-27;1-2/h12-20,30H,1-11H3;2H,1H3. The SMILES string of the molecule is CO.Cc1ccc(-c2c(C(C=O)OC(C)(C)C)cc(N(C)C(=O)C(C)C)c(-c3ccc(C)c(C)c3)c2C)cc1C. The third kappa shape index (κ3) is 7.26. The van der Waals surface area contributed by atoms with Gasteiger partial charge in [0.05, 0.1) is 11.3 Å². The van der Waals surface area contributed by atoms with Crippen LogP contribution in [0.3, 0.4) is 0 Å². The fourth-order valence-electron chi connectivity index (χ4n) is 4.91. The van der Waals surface area contributed by atoms with Gasteiger partial charge in [-0.3, -0.25) is 4.79 Å². The molecule has 0 radical (unpaired) electrons. The van der Waals surface area contributed by atoms with Crippen LogP contribution in [0.2, 0.25) is 0 Å². The number of anilines is 1. The first-order chi connectivity index (χ1) is 18.7. The first-order valence-corrected chi connectivity index (χ1v) is 13.8. The minimum Gasteiger partial charge on any atom is -0.400 e. The number of carbonyl (C=O) groups is 2. The molecule has 3 rings (SSSR count). The van der Waals surface area contributed by atoms with Crippen molar-refractivity contribution >= 4 is 17.9 Å². The largest absolute Gasteiger partial charge is 0.400 e. The average Bonchev–Trinajstić information content (AvgIpc) is 2.89. The molecule has 0 saturated carbocycles. The molecule has 3 aromatic carbocycles. The molecule has 5 nitrogen and oxygen atoms in total. The van der Waals surface area contributed by atoms with E-state index in [9.17, 15) is 9.59 Å². The Balaban J connectivity index is 0.00000274. The Bertz CT molecular complexity index is 1360. The molecule has 1 unspecified atom stereocenters. The highest BCUT2D eigenvalue weighted by Gasteiger charge is 2.29. The van der Waals surface area contributed by atoms with Gasteiger partial charge in [-0.05, 0) is 112 Å². The lowest BCUT2D eigenvalue weighted by molar-refractivity contribution is -0.128. The van der Waals surface area contributed by atoms with E-state index < -0.39 is 11.7 Å². The number of benzene rings is 3. The predicted molar refractivity (Wildman–Crippen MR) is 167 cm³/mol. The van der Waals surface area contributed by atoms with Gasteiger partial charge < -0.3 is 19.5 Å². The zero-order valence-electron chi connectivity index (χ0n) is 26.4. The summed E-state index contributed by atoms with van der Waals surface area (Å²) in [6.45, 7) is 20.2. The van der Waals surface area contributed by atoms with Crippen LogP contribution in [0.5, 0.6) is 0 Å². The minimum atomic E-state index is -0.791. The lowest BCUT2D eigenvalue weighted by Crippen LogP contribution is -2.31. The maximum atomic E-state index is 13.3. The molecule has 0 aliphatic rings. The van der Waals surface area contributed by atoms with Gasteiger partial charge in [0.15, 0.2) is 6.29 Å². The lowest BCUT2D eigenvalue weighted by Gasteiger charge is -2.31. The Morgan fingerprint density at radius 2 is 1.30 bits per heavy atom. The van der Waals surface area contributed by atoms with Crippen molar-refractivity contribution in [2.75, 3.05) is 19.1 Å².